The molecule has 1 fully saturated rings. The molecule has 1 rings (SSSR count). The van der Waals surface area contributed by atoms with E-state index in [4.69, 9.17) is 10.5 Å². The van der Waals surface area contributed by atoms with E-state index < -0.39 is 0 Å². The lowest BCUT2D eigenvalue weighted by molar-refractivity contribution is -0.0674. The van der Waals surface area contributed by atoms with Crippen LogP contribution in [0.3, 0.4) is 0 Å². The van der Waals surface area contributed by atoms with E-state index in [2.05, 4.69) is 17.6 Å². The molecule has 0 aromatic rings. The van der Waals surface area contributed by atoms with E-state index in [9.17, 15) is 0 Å². The fourth-order valence-electron chi connectivity index (χ4n) is 0.658. The summed E-state index contributed by atoms with van der Waals surface area (Å²) in [4.78, 5) is 0. The Morgan fingerprint density at radius 3 is 2.67 bits per heavy atom. The second-order valence-corrected chi connectivity index (χ2v) is 2.06. The zero-order chi connectivity index (χ0) is 6.69. The van der Waals surface area contributed by atoms with Gasteiger partial charge in [0.1, 0.15) is 6.29 Å². The number of hydrogen-bond donors (Lipinski definition) is 3. The molecule has 1 aliphatic heterocycles. The lowest BCUT2D eigenvalue weighted by Crippen LogP contribution is -2.72. The van der Waals surface area contributed by atoms with Crippen LogP contribution >= 0.6 is 0 Å². The van der Waals surface area contributed by atoms with Gasteiger partial charge >= 0.3 is 0 Å². The quantitative estimate of drug-likeness (QED) is 0.466. The molecule has 4 nitrogen and oxygen atoms in total. The average molecular weight is 131 g/mol. The number of rotatable bonds is 3. The van der Waals surface area contributed by atoms with Crippen molar-refractivity contribution in [1.82, 2.24) is 10.6 Å². The molecule has 1 aliphatic rings. The Bertz CT molecular complexity index is 82.3. The van der Waals surface area contributed by atoms with Crippen molar-refractivity contribution in [1.29, 1.82) is 0 Å². The maximum absolute atomic E-state index is 5.34. The summed E-state index contributed by atoms with van der Waals surface area (Å²) in [5.41, 5.74) is 5.34. The van der Waals surface area contributed by atoms with E-state index in [1.54, 1.807) is 0 Å². The predicted molar refractivity (Wildman–Crippen MR) is 34.3 cm³/mol. The van der Waals surface area contributed by atoms with E-state index in [0.29, 0.717) is 0 Å². The van der Waals surface area contributed by atoms with Crippen molar-refractivity contribution in [2.45, 2.75) is 26.0 Å². The summed E-state index contributed by atoms with van der Waals surface area (Å²) in [6.07, 6.45) is 0.946. The van der Waals surface area contributed by atoms with Crippen LogP contribution in [0.2, 0.25) is 0 Å². The zero-order valence-electron chi connectivity index (χ0n) is 5.55. The second-order valence-electron chi connectivity index (χ2n) is 2.06. The smallest absolute Gasteiger partial charge is 0.167 e. The van der Waals surface area contributed by atoms with Crippen LogP contribution in [-0.2, 0) is 4.74 Å². The van der Waals surface area contributed by atoms with Gasteiger partial charge in [-0.05, 0) is 6.42 Å². The Morgan fingerprint density at radius 1 is 1.56 bits per heavy atom. The molecule has 0 aromatic carbocycles. The summed E-state index contributed by atoms with van der Waals surface area (Å²) < 4.78 is 5.20. The van der Waals surface area contributed by atoms with Crippen molar-refractivity contribution in [3.63, 3.8) is 0 Å². The van der Waals surface area contributed by atoms with Crippen molar-refractivity contribution in [3.8, 4) is 0 Å². The fraction of sp³-hybridized carbons (Fsp3) is 1.00. The standard InChI is InChI=1S/C5H13N3O/c1-2-3-9-5-7-4(6)8-5/h4-5,7-8H,2-3,6H2,1H3. The van der Waals surface area contributed by atoms with Crippen LogP contribution in [0.5, 0.6) is 0 Å². The van der Waals surface area contributed by atoms with Gasteiger partial charge in [-0.25, -0.2) is 0 Å². The van der Waals surface area contributed by atoms with E-state index in [1.807, 2.05) is 0 Å². The molecule has 0 radical (unpaired) electrons. The van der Waals surface area contributed by atoms with Gasteiger partial charge in [0, 0.05) is 6.61 Å². The molecule has 0 aliphatic carbocycles. The molecular weight excluding hydrogens is 118 g/mol. The van der Waals surface area contributed by atoms with Crippen molar-refractivity contribution in [3.05, 3.63) is 0 Å². The summed E-state index contributed by atoms with van der Waals surface area (Å²) in [6.45, 7) is 2.84. The molecule has 54 valence electrons. The largest absolute Gasteiger partial charge is 0.350 e. The highest BCUT2D eigenvalue weighted by molar-refractivity contribution is 4.70. The number of nitrogens with two attached hydrogens (primary N) is 1. The second kappa shape index (κ2) is 3.12. The Labute approximate surface area is 54.7 Å². The van der Waals surface area contributed by atoms with Gasteiger partial charge in [0.15, 0.2) is 6.35 Å². The van der Waals surface area contributed by atoms with Crippen LogP contribution in [-0.4, -0.2) is 19.2 Å². The number of hydrogen-bond acceptors (Lipinski definition) is 4. The van der Waals surface area contributed by atoms with Crippen LogP contribution in [0, 0.1) is 0 Å². The van der Waals surface area contributed by atoms with Crippen molar-refractivity contribution in [2.75, 3.05) is 6.61 Å². The molecule has 1 saturated heterocycles. The molecule has 1 heterocycles. The van der Waals surface area contributed by atoms with Gasteiger partial charge in [0.05, 0.1) is 0 Å². The van der Waals surface area contributed by atoms with Gasteiger partial charge in [0.25, 0.3) is 0 Å². The first-order valence-electron chi connectivity index (χ1n) is 3.22. The molecule has 0 atom stereocenters. The van der Waals surface area contributed by atoms with E-state index >= 15 is 0 Å². The summed E-state index contributed by atoms with van der Waals surface area (Å²) in [5.74, 6) is 0. The minimum atomic E-state index is -0.0770. The number of nitrogens with one attached hydrogen (secondary N) is 2. The molecule has 0 saturated carbocycles. The SMILES string of the molecule is CCCOC1NC(N)N1. The van der Waals surface area contributed by atoms with Gasteiger partial charge in [-0.15, -0.1) is 0 Å². The Balaban J connectivity index is 1.91. The summed E-state index contributed by atoms with van der Waals surface area (Å²) in [5, 5.41) is 5.84. The molecule has 4 heteroatoms. The first-order valence-corrected chi connectivity index (χ1v) is 3.22. The van der Waals surface area contributed by atoms with E-state index in [-0.39, 0.29) is 12.6 Å². The highest BCUT2D eigenvalue weighted by atomic mass is 16.5. The van der Waals surface area contributed by atoms with Gasteiger partial charge in [-0.3, -0.25) is 10.6 Å². The molecule has 0 bridgehead atoms. The van der Waals surface area contributed by atoms with Gasteiger partial charge in [-0.2, -0.15) is 0 Å². The summed E-state index contributed by atoms with van der Waals surface area (Å²) >= 11 is 0. The molecule has 0 unspecified atom stereocenters. The van der Waals surface area contributed by atoms with Crippen LogP contribution < -0.4 is 16.4 Å². The monoisotopic (exact) mass is 131 g/mol. The average Bonchev–Trinajstić information content (AvgIpc) is 1.78. The minimum absolute atomic E-state index is 0.0139. The zero-order valence-corrected chi connectivity index (χ0v) is 5.55. The first-order chi connectivity index (χ1) is 4.33. The Morgan fingerprint density at radius 2 is 2.22 bits per heavy atom. The van der Waals surface area contributed by atoms with Crippen molar-refractivity contribution < 1.29 is 4.74 Å². The molecule has 9 heavy (non-hydrogen) atoms. The third-order valence-corrected chi connectivity index (χ3v) is 1.15. The van der Waals surface area contributed by atoms with Crippen molar-refractivity contribution >= 4 is 0 Å². The lowest BCUT2D eigenvalue weighted by Gasteiger charge is -2.35. The Kier molecular flexibility index (Phi) is 2.41. The highest BCUT2D eigenvalue weighted by Crippen LogP contribution is 1.93. The lowest BCUT2D eigenvalue weighted by atomic mass is 10.5. The molecule has 4 N–H and O–H groups in total. The minimum Gasteiger partial charge on any atom is -0.350 e. The van der Waals surface area contributed by atoms with E-state index in [0.717, 1.165) is 13.0 Å². The van der Waals surface area contributed by atoms with E-state index in [1.165, 1.54) is 0 Å². The molecule has 0 spiro atoms. The molecule has 0 amide bonds. The van der Waals surface area contributed by atoms with Gasteiger partial charge in [0.2, 0.25) is 0 Å². The fourth-order valence-corrected chi connectivity index (χ4v) is 0.658. The van der Waals surface area contributed by atoms with Crippen LogP contribution in [0.25, 0.3) is 0 Å². The normalized spacial score (nSPS) is 34.0. The first kappa shape index (κ1) is 6.95. The maximum atomic E-state index is 5.34. The molecule has 0 aromatic heterocycles. The van der Waals surface area contributed by atoms with Crippen LogP contribution in [0.15, 0.2) is 0 Å². The number of ether oxygens (including phenoxy) is 1. The topological polar surface area (TPSA) is 59.3 Å². The molecular formula is C5H13N3O. The van der Waals surface area contributed by atoms with Gasteiger partial charge in [-0.1, -0.05) is 6.92 Å². The summed E-state index contributed by atoms with van der Waals surface area (Å²) in [7, 11) is 0. The Hall–Kier alpha value is -0.160. The maximum Gasteiger partial charge on any atom is 0.167 e. The predicted octanol–water partition coefficient (Wildman–Crippen LogP) is -0.868. The van der Waals surface area contributed by atoms with Crippen LogP contribution in [0.4, 0.5) is 0 Å². The third-order valence-electron chi connectivity index (χ3n) is 1.15. The van der Waals surface area contributed by atoms with Crippen LogP contribution in [0.1, 0.15) is 13.3 Å². The van der Waals surface area contributed by atoms with Gasteiger partial charge < -0.3 is 10.5 Å². The third kappa shape index (κ3) is 1.91. The highest BCUT2D eigenvalue weighted by Gasteiger charge is 2.22. The van der Waals surface area contributed by atoms with Crippen molar-refractivity contribution in [2.24, 2.45) is 5.73 Å². The summed E-state index contributed by atoms with van der Waals surface area (Å²) in [6, 6.07) is 0.